The molecule has 0 fully saturated rings. The van der Waals surface area contributed by atoms with Gasteiger partial charge >= 0.3 is 5.97 Å². The number of benzene rings is 2. The molecule has 2 aromatic carbocycles. The molecule has 0 radical (unpaired) electrons. The van der Waals surface area contributed by atoms with Crippen LogP contribution in [0.1, 0.15) is 23.6 Å². The fourth-order valence-electron chi connectivity index (χ4n) is 2.50. The summed E-state index contributed by atoms with van der Waals surface area (Å²) in [6.07, 6.45) is 3.31. The molecular weight excluding hydrogens is 342 g/mol. The van der Waals surface area contributed by atoms with Gasteiger partial charge in [-0.05, 0) is 43.0 Å². The molecule has 1 N–H and O–H groups in total. The van der Waals surface area contributed by atoms with Crippen molar-refractivity contribution in [3.05, 3.63) is 77.4 Å². The molecule has 0 saturated carbocycles. The predicted octanol–water partition coefficient (Wildman–Crippen LogP) is 2.87. The zero-order chi connectivity index (χ0) is 19.6. The largest absolute Gasteiger partial charge is 0.452 e. The number of carbonyl (C=O) groups is 3. The van der Waals surface area contributed by atoms with E-state index in [0.29, 0.717) is 6.42 Å². The van der Waals surface area contributed by atoms with E-state index in [2.05, 4.69) is 5.32 Å². The molecule has 0 aliphatic carbocycles. The van der Waals surface area contributed by atoms with Gasteiger partial charge in [0.05, 0.1) is 6.04 Å². The highest BCUT2D eigenvalue weighted by Gasteiger charge is 2.18. The number of hydrogen-bond donors (Lipinski definition) is 1. The van der Waals surface area contributed by atoms with E-state index in [1.807, 2.05) is 61.5 Å². The second-order valence-electron chi connectivity index (χ2n) is 6.22. The summed E-state index contributed by atoms with van der Waals surface area (Å²) < 4.78 is 4.95. The SMILES string of the molecule is CC(=O)[C@@H](Cc1ccccc1)NC(=O)COC(=O)/C=C/c1ccccc1C. The number of rotatable bonds is 8. The van der Waals surface area contributed by atoms with Crippen molar-refractivity contribution in [1.29, 1.82) is 0 Å². The van der Waals surface area contributed by atoms with Crippen molar-refractivity contribution in [2.75, 3.05) is 6.61 Å². The molecule has 1 atom stereocenters. The first-order valence-electron chi connectivity index (χ1n) is 8.70. The molecule has 0 aromatic heterocycles. The number of ketones is 1. The lowest BCUT2D eigenvalue weighted by Gasteiger charge is -2.16. The molecule has 27 heavy (non-hydrogen) atoms. The summed E-state index contributed by atoms with van der Waals surface area (Å²) in [4.78, 5) is 35.6. The van der Waals surface area contributed by atoms with Gasteiger partial charge in [-0.1, -0.05) is 54.6 Å². The molecule has 2 rings (SSSR count). The fraction of sp³-hybridized carbons (Fsp3) is 0.227. The van der Waals surface area contributed by atoms with E-state index in [-0.39, 0.29) is 5.78 Å². The van der Waals surface area contributed by atoms with Crippen LogP contribution in [0.3, 0.4) is 0 Å². The minimum atomic E-state index is -0.652. The van der Waals surface area contributed by atoms with Crippen LogP contribution in [0.15, 0.2) is 60.7 Å². The molecule has 5 nitrogen and oxygen atoms in total. The van der Waals surface area contributed by atoms with Crippen molar-refractivity contribution in [3.63, 3.8) is 0 Å². The molecule has 0 bridgehead atoms. The predicted molar refractivity (Wildman–Crippen MR) is 104 cm³/mol. The number of carbonyl (C=O) groups excluding carboxylic acids is 3. The maximum atomic E-state index is 12.0. The van der Waals surface area contributed by atoms with Crippen LogP contribution in [0.25, 0.3) is 6.08 Å². The van der Waals surface area contributed by atoms with Crippen LogP contribution in [0, 0.1) is 6.92 Å². The minimum absolute atomic E-state index is 0.155. The van der Waals surface area contributed by atoms with Crippen molar-refractivity contribution in [2.24, 2.45) is 0 Å². The van der Waals surface area contributed by atoms with Crippen LogP contribution in [0.5, 0.6) is 0 Å². The Morgan fingerprint density at radius 3 is 2.37 bits per heavy atom. The zero-order valence-electron chi connectivity index (χ0n) is 15.5. The number of nitrogens with one attached hydrogen (secondary N) is 1. The van der Waals surface area contributed by atoms with Crippen molar-refractivity contribution >= 4 is 23.7 Å². The number of Topliss-reactive ketones (excluding diaryl/α,β-unsaturated/α-hetero) is 1. The summed E-state index contributed by atoms with van der Waals surface area (Å²) in [5.41, 5.74) is 2.87. The Bertz CT molecular complexity index is 827. The van der Waals surface area contributed by atoms with Gasteiger partial charge in [0, 0.05) is 6.08 Å². The summed E-state index contributed by atoms with van der Waals surface area (Å²) in [5, 5.41) is 2.61. The third-order valence-corrected chi connectivity index (χ3v) is 4.04. The molecule has 0 aliphatic rings. The average Bonchev–Trinajstić information content (AvgIpc) is 2.66. The maximum Gasteiger partial charge on any atom is 0.331 e. The number of ether oxygens (including phenoxy) is 1. The molecule has 2 aromatic rings. The summed E-state index contributed by atoms with van der Waals surface area (Å²) in [7, 11) is 0. The Labute approximate surface area is 159 Å². The summed E-state index contributed by atoms with van der Waals surface area (Å²) in [5.74, 6) is -1.28. The number of esters is 1. The lowest BCUT2D eigenvalue weighted by molar-refractivity contribution is -0.144. The van der Waals surface area contributed by atoms with E-state index in [1.165, 1.54) is 13.0 Å². The average molecular weight is 365 g/mol. The third kappa shape index (κ3) is 6.90. The number of aryl methyl sites for hydroxylation is 1. The lowest BCUT2D eigenvalue weighted by Crippen LogP contribution is -2.43. The molecule has 0 spiro atoms. The standard InChI is InChI=1S/C22H23NO4/c1-16-8-6-7-11-19(16)12-13-22(26)27-15-21(25)23-20(17(2)24)14-18-9-4-3-5-10-18/h3-13,20H,14-15H2,1-2H3,(H,23,25)/b13-12+/t20-/m1/s1. The van der Waals surface area contributed by atoms with E-state index in [9.17, 15) is 14.4 Å². The van der Waals surface area contributed by atoms with Crippen LogP contribution in [0.4, 0.5) is 0 Å². The fourth-order valence-corrected chi connectivity index (χ4v) is 2.50. The first kappa shape index (κ1) is 20.1. The molecule has 0 unspecified atom stereocenters. The van der Waals surface area contributed by atoms with Gasteiger partial charge < -0.3 is 10.1 Å². The molecule has 0 aliphatic heterocycles. The van der Waals surface area contributed by atoms with Gasteiger partial charge in [0.15, 0.2) is 12.4 Å². The van der Waals surface area contributed by atoms with E-state index in [1.54, 1.807) is 6.08 Å². The van der Waals surface area contributed by atoms with Crippen molar-refractivity contribution in [3.8, 4) is 0 Å². The van der Waals surface area contributed by atoms with Crippen LogP contribution >= 0.6 is 0 Å². The Balaban J connectivity index is 1.84. The lowest BCUT2D eigenvalue weighted by atomic mass is 10.0. The second kappa shape index (κ2) is 10.1. The van der Waals surface area contributed by atoms with Crippen LogP contribution in [0.2, 0.25) is 0 Å². The number of hydrogen-bond acceptors (Lipinski definition) is 4. The maximum absolute atomic E-state index is 12.0. The Hall–Kier alpha value is -3.21. The van der Waals surface area contributed by atoms with Gasteiger partial charge in [-0.3, -0.25) is 9.59 Å². The van der Waals surface area contributed by atoms with Gasteiger partial charge in [-0.15, -0.1) is 0 Å². The Morgan fingerprint density at radius 1 is 1.04 bits per heavy atom. The van der Waals surface area contributed by atoms with Crippen LogP contribution in [-0.4, -0.2) is 30.3 Å². The van der Waals surface area contributed by atoms with Gasteiger partial charge in [0.1, 0.15) is 0 Å². The van der Waals surface area contributed by atoms with Crippen molar-refractivity contribution in [2.45, 2.75) is 26.3 Å². The molecule has 5 heteroatoms. The zero-order valence-corrected chi connectivity index (χ0v) is 15.5. The second-order valence-corrected chi connectivity index (χ2v) is 6.22. The highest BCUT2D eigenvalue weighted by atomic mass is 16.5. The number of amides is 1. The van der Waals surface area contributed by atoms with E-state index in [0.717, 1.165) is 16.7 Å². The molecule has 1 amide bonds. The Kier molecular flexibility index (Phi) is 7.49. The first-order valence-corrected chi connectivity index (χ1v) is 8.70. The summed E-state index contributed by atoms with van der Waals surface area (Å²) >= 11 is 0. The van der Waals surface area contributed by atoms with Gasteiger partial charge in [-0.2, -0.15) is 0 Å². The van der Waals surface area contributed by atoms with Crippen LogP contribution in [-0.2, 0) is 25.5 Å². The van der Waals surface area contributed by atoms with E-state index < -0.39 is 24.5 Å². The highest BCUT2D eigenvalue weighted by molar-refractivity contribution is 5.91. The van der Waals surface area contributed by atoms with Crippen molar-refractivity contribution < 1.29 is 19.1 Å². The summed E-state index contributed by atoms with van der Waals surface area (Å²) in [6.45, 7) is 2.92. The molecular formula is C22H23NO4. The van der Waals surface area contributed by atoms with Gasteiger partial charge in [0.25, 0.3) is 5.91 Å². The highest BCUT2D eigenvalue weighted by Crippen LogP contribution is 2.09. The van der Waals surface area contributed by atoms with Gasteiger partial charge in [0.2, 0.25) is 0 Å². The normalized spacial score (nSPS) is 11.8. The smallest absolute Gasteiger partial charge is 0.331 e. The van der Waals surface area contributed by atoms with E-state index >= 15 is 0 Å². The van der Waals surface area contributed by atoms with Crippen LogP contribution < -0.4 is 5.32 Å². The molecule has 140 valence electrons. The monoisotopic (exact) mass is 365 g/mol. The van der Waals surface area contributed by atoms with Crippen molar-refractivity contribution in [1.82, 2.24) is 5.32 Å². The minimum Gasteiger partial charge on any atom is -0.452 e. The third-order valence-electron chi connectivity index (χ3n) is 4.04. The molecule has 0 saturated heterocycles. The quantitative estimate of drug-likeness (QED) is 0.577. The topological polar surface area (TPSA) is 72.5 Å². The van der Waals surface area contributed by atoms with Gasteiger partial charge in [-0.25, -0.2) is 4.79 Å². The molecule has 0 heterocycles. The van der Waals surface area contributed by atoms with E-state index in [4.69, 9.17) is 4.74 Å². The first-order chi connectivity index (χ1) is 13.0. The Morgan fingerprint density at radius 2 is 1.70 bits per heavy atom. The summed E-state index contributed by atoms with van der Waals surface area (Å²) in [6, 6.07) is 16.4.